The van der Waals surface area contributed by atoms with Gasteiger partial charge in [0.1, 0.15) is 5.60 Å². The Morgan fingerprint density at radius 2 is 2.27 bits per heavy atom. The van der Waals surface area contributed by atoms with Gasteiger partial charge in [0.05, 0.1) is 5.75 Å². The van der Waals surface area contributed by atoms with Crippen LogP contribution in [0.25, 0.3) is 0 Å². The van der Waals surface area contributed by atoms with Gasteiger partial charge in [-0.3, -0.25) is 4.79 Å². The summed E-state index contributed by atoms with van der Waals surface area (Å²) in [6, 6.07) is 0. The second-order valence-corrected chi connectivity index (χ2v) is 5.99. The van der Waals surface area contributed by atoms with Crippen LogP contribution < -0.4 is 5.32 Å². The average molecular weight is 231 g/mol. The molecule has 0 spiro atoms. The van der Waals surface area contributed by atoms with E-state index in [9.17, 15) is 4.79 Å². The third kappa shape index (κ3) is 6.05. The van der Waals surface area contributed by atoms with Crippen molar-refractivity contribution >= 4 is 17.7 Å². The summed E-state index contributed by atoms with van der Waals surface area (Å²) in [5.74, 6) is 2.18. The summed E-state index contributed by atoms with van der Waals surface area (Å²) in [7, 11) is 0. The number of carbonyl (C=O) groups excluding carboxylic acids is 1. The Labute approximate surface area is 96.3 Å². The molecule has 1 aliphatic heterocycles. The Morgan fingerprint density at radius 1 is 1.53 bits per heavy atom. The Morgan fingerprint density at radius 3 is 2.80 bits per heavy atom. The molecule has 0 amide bonds. The molecule has 0 aromatic rings. The highest BCUT2D eigenvalue weighted by Gasteiger charge is 2.18. The van der Waals surface area contributed by atoms with Crippen molar-refractivity contribution in [1.29, 1.82) is 0 Å². The van der Waals surface area contributed by atoms with Gasteiger partial charge in [-0.25, -0.2) is 0 Å². The fraction of sp³-hybridized carbons (Fsp3) is 0.909. The quantitative estimate of drug-likeness (QED) is 0.747. The van der Waals surface area contributed by atoms with Crippen LogP contribution >= 0.6 is 11.8 Å². The zero-order valence-corrected chi connectivity index (χ0v) is 10.7. The van der Waals surface area contributed by atoms with Crippen molar-refractivity contribution in [3.05, 3.63) is 0 Å². The van der Waals surface area contributed by atoms with Crippen molar-refractivity contribution in [3.63, 3.8) is 0 Å². The molecule has 1 atom stereocenters. The maximum absolute atomic E-state index is 11.4. The van der Waals surface area contributed by atoms with Crippen LogP contribution in [-0.4, -0.2) is 36.2 Å². The van der Waals surface area contributed by atoms with E-state index < -0.39 is 0 Å². The highest BCUT2D eigenvalue weighted by Crippen LogP contribution is 2.16. The van der Waals surface area contributed by atoms with Crippen molar-refractivity contribution in [2.24, 2.45) is 5.92 Å². The van der Waals surface area contributed by atoms with Crippen LogP contribution in [0.2, 0.25) is 0 Å². The molecule has 15 heavy (non-hydrogen) atoms. The normalized spacial score (nSPS) is 21.7. The Bertz CT molecular complexity index is 207. The summed E-state index contributed by atoms with van der Waals surface area (Å²) >= 11 is 1.68. The van der Waals surface area contributed by atoms with Gasteiger partial charge in [0.2, 0.25) is 0 Å². The average Bonchev–Trinajstić information content (AvgIpc) is 2.53. The summed E-state index contributed by atoms with van der Waals surface area (Å²) in [4.78, 5) is 11.4. The van der Waals surface area contributed by atoms with E-state index >= 15 is 0 Å². The molecule has 0 bridgehead atoms. The molecule has 88 valence electrons. The molecule has 0 radical (unpaired) electrons. The van der Waals surface area contributed by atoms with E-state index in [-0.39, 0.29) is 11.6 Å². The number of carbonyl (C=O) groups is 1. The zero-order valence-electron chi connectivity index (χ0n) is 9.84. The number of hydrogen-bond donors (Lipinski definition) is 1. The number of thioether (sulfide) groups is 1. The lowest BCUT2D eigenvalue weighted by molar-refractivity contribution is -0.151. The summed E-state index contributed by atoms with van der Waals surface area (Å²) in [5.41, 5.74) is -0.355. The molecule has 0 aliphatic carbocycles. The van der Waals surface area contributed by atoms with E-state index in [0.717, 1.165) is 24.8 Å². The molecule has 1 saturated heterocycles. The van der Waals surface area contributed by atoms with Gasteiger partial charge in [0, 0.05) is 0 Å². The first-order valence-corrected chi connectivity index (χ1v) is 6.63. The summed E-state index contributed by atoms with van der Waals surface area (Å²) in [6.45, 7) is 7.92. The maximum Gasteiger partial charge on any atom is 0.316 e. The molecular weight excluding hydrogens is 210 g/mol. The first-order valence-electron chi connectivity index (χ1n) is 5.48. The minimum Gasteiger partial charge on any atom is -0.459 e. The monoisotopic (exact) mass is 231 g/mol. The molecule has 1 fully saturated rings. The van der Waals surface area contributed by atoms with E-state index in [4.69, 9.17) is 4.74 Å². The lowest BCUT2D eigenvalue weighted by atomic mass is 10.2. The van der Waals surface area contributed by atoms with Crippen LogP contribution in [0.3, 0.4) is 0 Å². The largest absolute Gasteiger partial charge is 0.459 e. The number of nitrogens with one attached hydrogen (secondary N) is 1. The van der Waals surface area contributed by atoms with Crippen molar-refractivity contribution in [3.8, 4) is 0 Å². The number of hydrogen-bond acceptors (Lipinski definition) is 4. The van der Waals surface area contributed by atoms with Gasteiger partial charge in [-0.1, -0.05) is 0 Å². The van der Waals surface area contributed by atoms with E-state index in [0.29, 0.717) is 5.75 Å². The van der Waals surface area contributed by atoms with Crippen LogP contribution in [0, 0.1) is 5.92 Å². The lowest BCUT2D eigenvalue weighted by Gasteiger charge is -2.19. The predicted octanol–water partition coefficient (Wildman–Crippen LogP) is 1.67. The molecular formula is C11H21NO2S. The maximum atomic E-state index is 11.4. The smallest absolute Gasteiger partial charge is 0.316 e. The minimum atomic E-state index is -0.355. The zero-order chi connectivity index (χ0) is 11.3. The van der Waals surface area contributed by atoms with Crippen LogP contribution in [0.15, 0.2) is 0 Å². The Kier molecular flexibility index (Phi) is 4.93. The summed E-state index contributed by atoms with van der Waals surface area (Å²) < 4.78 is 5.23. The van der Waals surface area contributed by atoms with Crippen LogP contribution in [0.4, 0.5) is 0 Å². The van der Waals surface area contributed by atoms with Gasteiger partial charge in [-0.15, -0.1) is 11.8 Å². The Balaban J connectivity index is 2.06. The van der Waals surface area contributed by atoms with Crippen LogP contribution in [0.1, 0.15) is 27.2 Å². The topological polar surface area (TPSA) is 38.3 Å². The molecule has 3 nitrogen and oxygen atoms in total. The molecule has 1 aliphatic rings. The molecule has 0 saturated carbocycles. The molecule has 1 N–H and O–H groups in total. The Hall–Kier alpha value is -0.220. The van der Waals surface area contributed by atoms with Gasteiger partial charge in [-0.2, -0.15) is 0 Å². The van der Waals surface area contributed by atoms with Crippen molar-refractivity contribution in [2.45, 2.75) is 32.8 Å². The predicted molar refractivity (Wildman–Crippen MR) is 64.1 cm³/mol. The lowest BCUT2D eigenvalue weighted by Crippen LogP contribution is -2.25. The van der Waals surface area contributed by atoms with Crippen molar-refractivity contribution in [1.82, 2.24) is 5.32 Å². The molecule has 1 unspecified atom stereocenters. The van der Waals surface area contributed by atoms with E-state index in [2.05, 4.69) is 5.32 Å². The number of ether oxygens (including phenoxy) is 1. The van der Waals surface area contributed by atoms with Gasteiger partial charge in [-0.05, 0) is 52.0 Å². The van der Waals surface area contributed by atoms with Gasteiger partial charge in [0.25, 0.3) is 0 Å². The first kappa shape index (κ1) is 12.8. The second kappa shape index (κ2) is 5.75. The third-order valence-corrected chi connectivity index (χ3v) is 3.30. The van der Waals surface area contributed by atoms with Crippen molar-refractivity contribution in [2.75, 3.05) is 24.6 Å². The number of esters is 1. The minimum absolute atomic E-state index is 0.0987. The third-order valence-electron chi connectivity index (χ3n) is 2.16. The van der Waals surface area contributed by atoms with Crippen LogP contribution in [-0.2, 0) is 9.53 Å². The summed E-state index contributed by atoms with van der Waals surface area (Å²) in [5, 5.41) is 3.32. The fourth-order valence-electron chi connectivity index (χ4n) is 1.54. The van der Waals surface area contributed by atoms with E-state index in [1.807, 2.05) is 20.8 Å². The van der Waals surface area contributed by atoms with Gasteiger partial charge >= 0.3 is 5.97 Å². The van der Waals surface area contributed by atoms with E-state index in [1.54, 1.807) is 11.8 Å². The molecule has 0 aromatic heterocycles. The fourth-order valence-corrected chi connectivity index (χ4v) is 2.50. The van der Waals surface area contributed by atoms with Crippen molar-refractivity contribution < 1.29 is 9.53 Å². The summed E-state index contributed by atoms with van der Waals surface area (Å²) in [6.07, 6.45) is 1.24. The standard InChI is InChI=1S/C11H21NO2S/c1-11(2,3)14-10(13)8-15-7-9-4-5-12-6-9/h9,12H,4-8H2,1-3H3. The molecule has 1 rings (SSSR count). The first-order chi connectivity index (χ1) is 6.97. The second-order valence-electron chi connectivity index (χ2n) is 4.96. The highest BCUT2D eigenvalue weighted by atomic mass is 32.2. The number of rotatable bonds is 4. The highest BCUT2D eigenvalue weighted by molar-refractivity contribution is 7.99. The molecule has 0 aromatic carbocycles. The van der Waals surface area contributed by atoms with Gasteiger partial charge < -0.3 is 10.1 Å². The van der Waals surface area contributed by atoms with Gasteiger partial charge in [0.15, 0.2) is 0 Å². The van der Waals surface area contributed by atoms with E-state index in [1.165, 1.54) is 6.42 Å². The molecule has 4 heteroatoms. The SMILES string of the molecule is CC(C)(C)OC(=O)CSCC1CCNC1. The molecule has 1 heterocycles. The van der Waals surface area contributed by atoms with Crippen LogP contribution in [0.5, 0.6) is 0 Å².